The summed E-state index contributed by atoms with van der Waals surface area (Å²) in [4.78, 5) is 13.9. The maximum atomic E-state index is 10.8. The molecule has 0 fully saturated rings. The van der Waals surface area contributed by atoms with Gasteiger partial charge in [-0.15, -0.1) is 0 Å². The lowest BCUT2D eigenvalue weighted by Crippen LogP contribution is -1.92. The predicted molar refractivity (Wildman–Crippen MR) is 44.8 cm³/mol. The number of Topliss-reactive ketones (excluding diaryl/α,β-unsaturated/α-hetero) is 1. The summed E-state index contributed by atoms with van der Waals surface area (Å²) in [5.74, 6) is 0.104. The van der Waals surface area contributed by atoms with E-state index in [0.717, 1.165) is 18.5 Å². The van der Waals surface area contributed by atoms with Crippen molar-refractivity contribution in [2.24, 2.45) is 0 Å². The SMILES string of the molecule is CCCc1ccc(C(C)=O)[nH]1. The Labute approximate surface area is 66.6 Å². The average Bonchev–Trinajstić information content (AvgIpc) is 2.37. The second-order valence-corrected chi connectivity index (χ2v) is 2.70. The van der Waals surface area contributed by atoms with Crippen LogP contribution in [0.25, 0.3) is 0 Å². The largest absolute Gasteiger partial charge is 0.356 e. The lowest BCUT2D eigenvalue weighted by atomic mass is 10.3. The number of hydrogen-bond acceptors (Lipinski definition) is 1. The van der Waals surface area contributed by atoms with Crippen LogP contribution in [0.4, 0.5) is 0 Å². The van der Waals surface area contributed by atoms with Gasteiger partial charge in [-0.25, -0.2) is 0 Å². The molecule has 0 saturated heterocycles. The lowest BCUT2D eigenvalue weighted by molar-refractivity contribution is 0.101. The van der Waals surface area contributed by atoms with Crippen molar-refractivity contribution >= 4 is 5.78 Å². The molecule has 0 amide bonds. The van der Waals surface area contributed by atoms with E-state index in [4.69, 9.17) is 0 Å². The number of carbonyl (C=O) groups excluding carboxylic acids is 1. The van der Waals surface area contributed by atoms with E-state index in [9.17, 15) is 4.79 Å². The fraction of sp³-hybridized carbons (Fsp3) is 0.444. The minimum absolute atomic E-state index is 0.104. The van der Waals surface area contributed by atoms with Gasteiger partial charge in [0.1, 0.15) is 0 Å². The molecule has 0 spiro atoms. The number of nitrogens with one attached hydrogen (secondary N) is 1. The van der Waals surface area contributed by atoms with E-state index in [1.165, 1.54) is 0 Å². The fourth-order valence-corrected chi connectivity index (χ4v) is 1.06. The van der Waals surface area contributed by atoms with Gasteiger partial charge in [0.15, 0.2) is 5.78 Å². The fourth-order valence-electron chi connectivity index (χ4n) is 1.06. The second kappa shape index (κ2) is 3.37. The van der Waals surface area contributed by atoms with Gasteiger partial charge in [-0.05, 0) is 18.6 Å². The van der Waals surface area contributed by atoms with Gasteiger partial charge in [-0.3, -0.25) is 4.79 Å². The quantitative estimate of drug-likeness (QED) is 0.660. The Hall–Kier alpha value is -1.05. The molecule has 0 radical (unpaired) electrons. The Morgan fingerprint density at radius 3 is 2.73 bits per heavy atom. The first-order valence-corrected chi connectivity index (χ1v) is 3.93. The molecule has 0 saturated carbocycles. The predicted octanol–water partition coefficient (Wildman–Crippen LogP) is 2.17. The minimum atomic E-state index is 0.104. The van der Waals surface area contributed by atoms with Crippen molar-refractivity contribution in [2.75, 3.05) is 0 Å². The Balaban J connectivity index is 2.73. The van der Waals surface area contributed by atoms with Crippen LogP contribution in [0.1, 0.15) is 36.5 Å². The summed E-state index contributed by atoms with van der Waals surface area (Å²) < 4.78 is 0. The van der Waals surface area contributed by atoms with Crippen molar-refractivity contribution in [1.82, 2.24) is 4.98 Å². The van der Waals surface area contributed by atoms with E-state index in [2.05, 4.69) is 11.9 Å². The monoisotopic (exact) mass is 151 g/mol. The molecule has 2 nitrogen and oxygen atoms in total. The number of rotatable bonds is 3. The van der Waals surface area contributed by atoms with Crippen LogP contribution in [0.3, 0.4) is 0 Å². The highest BCUT2D eigenvalue weighted by molar-refractivity contribution is 5.92. The molecule has 0 aliphatic carbocycles. The summed E-state index contributed by atoms with van der Waals surface area (Å²) in [7, 11) is 0. The first-order chi connectivity index (χ1) is 5.24. The van der Waals surface area contributed by atoms with E-state index < -0.39 is 0 Å². The standard InChI is InChI=1S/C9H13NO/c1-3-4-8-5-6-9(10-8)7(2)11/h5-6,10H,3-4H2,1-2H3. The van der Waals surface area contributed by atoms with E-state index in [-0.39, 0.29) is 5.78 Å². The number of hydrogen-bond donors (Lipinski definition) is 1. The van der Waals surface area contributed by atoms with Crippen LogP contribution >= 0.6 is 0 Å². The molecule has 2 heteroatoms. The molecule has 11 heavy (non-hydrogen) atoms. The zero-order chi connectivity index (χ0) is 8.27. The molecule has 60 valence electrons. The Kier molecular flexibility index (Phi) is 2.47. The Morgan fingerprint density at radius 2 is 2.27 bits per heavy atom. The molecule has 0 aliphatic rings. The van der Waals surface area contributed by atoms with Crippen LogP contribution in [-0.4, -0.2) is 10.8 Å². The van der Waals surface area contributed by atoms with E-state index >= 15 is 0 Å². The molecule has 1 N–H and O–H groups in total. The van der Waals surface area contributed by atoms with Gasteiger partial charge >= 0.3 is 0 Å². The zero-order valence-electron chi connectivity index (χ0n) is 6.98. The van der Waals surface area contributed by atoms with Crippen molar-refractivity contribution in [1.29, 1.82) is 0 Å². The third kappa shape index (κ3) is 1.93. The normalized spacial score (nSPS) is 10.0. The highest BCUT2D eigenvalue weighted by Gasteiger charge is 2.00. The molecule has 1 heterocycles. The molecule has 0 unspecified atom stereocenters. The topological polar surface area (TPSA) is 32.9 Å². The van der Waals surface area contributed by atoms with Gasteiger partial charge in [0.25, 0.3) is 0 Å². The summed E-state index contributed by atoms with van der Waals surface area (Å²) in [6.07, 6.45) is 2.13. The van der Waals surface area contributed by atoms with E-state index in [1.807, 2.05) is 12.1 Å². The number of H-pyrrole nitrogens is 1. The molecule has 1 aromatic rings. The van der Waals surface area contributed by atoms with Crippen LogP contribution in [0.15, 0.2) is 12.1 Å². The first kappa shape index (κ1) is 8.05. The molecule has 0 aliphatic heterocycles. The lowest BCUT2D eigenvalue weighted by Gasteiger charge is -1.91. The van der Waals surface area contributed by atoms with Crippen LogP contribution in [0.5, 0.6) is 0 Å². The van der Waals surface area contributed by atoms with Crippen molar-refractivity contribution < 1.29 is 4.79 Å². The van der Waals surface area contributed by atoms with Gasteiger partial charge in [-0.2, -0.15) is 0 Å². The number of carbonyl (C=O) groups is 1. The van der Waals surface area contributed by atoms with Crippen LogP contribution in [0, 0.1) is 0 Å². The molecular weight excluding hydrogens is 138 g/mol. The van der Waals surface area contributed by atoms with Gasteiger partial charge < -0.3 is 4.98 Å². The molecular formula is C9H13NO. The van der Waals surface area contributed by atoms with Gasteiger partial charge in [0, 0.05) is 12.6 Å². The average molecular weight is 151 g/mol. The van der Waals surface area contributed by atoms with Crippen LogP contribution < -0.4 is 0 Å². The second-order valence-electron chi connectivity index (χ2n) is 2.70. The summed E-state index contributed by atoms with van der Waals surface area (Å²) in [5, 5.41) is 0. The van der Waals surface area contributed by atoms with Crippen molar-refractivity contribution in [2.45, 2.75) is 26.7 Å². The Bertz CT molecular complexity index is 250. The van der Waals surface area contributed by atoms with E-state index in [1.54, 1.807) is 6.92 Å². The molecule has 0 aromatic carbocycles. The Morgan fingerprint density at radius 1 is 1.55 bits per heavy atom. The third-order valence-electron chi connectivity index (χ3n) is 1.65. The molecule has 1 rings (SSSR count). The summed E-state index contributed by atoms with van der Waals surface area (Å²) in [6.45, 7) is 3.69. The number of aromatic nitrogens is 1. The first-order valence-electron chi connectivity index (χ1n) is 3.93. The number of ketones is 1. The third-order valence-corrected chi connectivity index (χ3v) is 1.65. The maximum absolute atomic E-state index is 10.8. The molecule has 1 aromatic heterocycles. The molecule has 0 bridgehead atoms. The highest BCUT2D eigenvalue weighted by atomic mass is 16.1. The van der Waals surface area contributed by atoms with Gasteiger partial charge in [0.2, 0.25) is 0 Å². The van der Waals surface area contributed by atoms with Gasteiger partial charge in [-0.1, -0.05) is 13.3 Å². The zero-order valence-corrected chi connectivity index (χ0v) is 6.98. The number of aryl methyl sites for hydroxylation is 1. The van der Waals surface area contributed by atoms with Crippen LogP contribution in [0.2, 0.25) is 0 Å². The van der Waals surface area contributed by atoms with Crippen molar-refractivity contribution in [3.63, 3.8) is 0 Å². The maximum Gasteiger partial charge on any atom is 0.175 e. The minimum Gasteiger partial charge on any atom is -0.356 e. The van der Waals surface area contributed by atoms with Crippen molar-refractivity contribution in [3.05, 3.63) is 23.5 Å². The van der Waals surface area contributed by atoms with Crippen molar-refractivity contribution in [3.8, 4) is 0 Å². The smallest absolute Gasteiger partial charge is 0.175 e. The van der Waals surface area contributed by atoms with E-state index in [0.29, 0.717) is 5.69 Å². The summed E-state index contributed by atoms with van der Waals surface area (Å²) in [5.41, 5.74) is 1.87. The summed E-state index contributed by atoms with van der Waals surface area (Å²) in [6, 6.07) is 3.81. The molecule has 0 atom stereocenters. The van der Waals surface area contributed by atoms with Gasteiger partial charge in [0.05, 0.1) is 5.69 Å². The number of aromatic amines is 1. The van der Waals surface area contributed by atoms with Crippen LogP contribution in [-0.2, 0) is 6.42 Å². The summed E-state index contributed by atoms with van der Waals surface area (Å²) >= 11 is 0. The highest BCUT2D eigenvalue weighted by Crippen LogP contribution is 2.04.